The highest BCUT2D eigenvalue weighted by atomic mass is 16.6. The third kappa shape index (κ3) is 5.37. The Morgan fingerprint density at radius 3 is 1.95 bits per heavy atom. The van der Waals surface area contributed by atoms with Gasteiger partial charge in [0.15, 0.2) is 6.23 Å². The first-order chi connectivity index (χ1) is 20.3. The van der Waals surface area contributed by atoms with Crippen LogP contribution in [0.2, 0.25) is 0 Å². The normalized spacial score (nSPS) is 20.4. The van der Waals surface area contributed by atoms with Crippen LogP contribution in [0.3, 0.4) is 0 Å². The molecule has 4 N–H and O–H groups in total. The van der Waals surface area contributed by atoms with Crippen LogP contribution < -0.4 is 20.9 Å². The number of ether oxygens (including phenoxy) is 4. The van der Waals surface area contributed by atoms with Crippen molar-refractivity contribution in [1.29, 1.82) is 0 Å². The molecule has 1 aromatic heterocycles. The molecule has 2 heterocycles. The maximum atomic E-state index is 12.7. The molecule has 42 heavy (non-hydrogen) atoms. The van der Waals surface area contributed by atoms with Crippen LogP contribution in [0.25, 0.3) is 0 Å². The lowest BCUT2D eigenvalue weighted by molar-refractivity contribution is -0.0958. The number of hydrogen-bond acceptors (Lipinski definition) is 9. The van der Waals surface area contributed by atoms with Gasteiger partial charge in [-0.15, -0.1) is 0 Å². The van der Waals surface area contributed by atoms with Gasteiger partial charge in [-0.3, -0.25) is 4.57 Å². The van der Waals surface area contributed by atoms with E-state index in [0.717, 1.165) is 16.7 Å². The lowest BCUT2D eigenvalue weighted by Gasteiger charge is -2.37. The average molecular weight is 574 g/mol. The third-order valence-electron chi connectivity index (χ3n) is 7.69. The molecule has 0 aliphatic carbocycles. The van der Waals surface area contributed by atoms with Crippen LogP contribution in [0, 0.1) is 0 Å². The van der Waals surface area contributed by atoms with Gasteiger partial charge in [0, 0.05) is 11.8 Å². The molecule has 0 bridgehead atoms. The van der Waals surface area contributed by atoms with Gasteiger partial charge in [-0.05, 0) is 47.4 Å². The average Bonchev–Trinajstić information content (AvgIpc) is 3.31. The van der Waals surface area contributed by atoms with E-state index in [1.54, 1.807) is 14.2 Å². The Hall–Kier alpha value is -4.22. The van der Waals surface area contributed by atoms with Gasteiger partial charge in [0.2, 0.25) is 0 Å². The summed E-state index contributed by atoms with van der Waals surface area (Å²) in [7, 11) is 3.21. The van der Waals surface area contributed by atoms with Crippen LogP contribution in [0.1, 0.15) is 35.4 Å². The lowest BCUT2D eigenvalue weighted by atomic mass is 9.80. The second-order valence-corrected chi connectivity index (χ2v) is 10.1. The molecule has 1 fully saturated rings. The van der Waals surface area contributed by atoms with Crippen molar-refractivity contribution in [3.63, 3.8) is 0 Å². The van der Waals surface area contributed by atoms with E-state index in [0.29, 0.717) is 23.5 Å². The molecule has 0 unspecified atom stereocenters. The molecule has 0 radical (unpaired) electrons. The van der Waals surface area contributed by atoms with Crippen molar-refractivity contribution in [3.05, 3.63) is 118 Å². The number of benzene rings is 3. The quantitative estimate of drug-likeness (QED) is 0.244. The standard InChI is InChI=1S/C32H35N3O7/c1-4-20-18-35(31(38)34-29(20)33)30-28(37)27(36)26(42-30)19-41-32(21-8-6-5-7-9-21,22-10-14-24(39-2)15-11-22)23-12-16-25(40-3)17-13-23/h5-18,26-28,30,36-37H,4,19H2,1-3H3,(H2,33,34,38)/t26-,27-,28-,30-/m1/s1. The van der Waals surface area contributed by atoms with Gasteiger partial charge in [-0.25, -0.2) is 4.79 Å². The number of aryl methyl sites for hydroxylation is 1. The molecular weight excluding hydrogens is 538 g/mol. The van der Waals surface area contributed by atoms with E-state index in [1.165, 1.54) is 10.8 Å². The number of anilines is 1. The minimum absolute atomic E-state index is 0.123. The van der Waals surface area contributed by atoms with Crippen LogP contribution in [-0.4, -0.2) is 58.9 Å². The molecule has 4 atom stereocenters. The number of rotatable bonds is 10. The second kappa shape index (κ2) is 12.3. The van der Waals surface area contributed by atoms with E-state index < -0.39 is 35.8 Å². The first-order valence-corrected chi connectivity index (χ1v) is 13.7. The van der Waals surface area contributed by atoms with Crippen molar-refractivity contribution < 1.29 is 29.2 Å². The van der Waals surface area contributed by atoms with Crippen LogP contribution in [0.4, 0.5) is 5.82 Å². The summed E-state index contributed by atoms with van der Waals surface area (Å²) in [5.74, 6) is 1.49. The van der Waals surface area contributed by atoms with Gasteiger partial charge in [0.1, 0.15) is 41.2 Å². The van der Waals surface area contributed by atoms with Crippen LogP contribution >= 0.6 is 0 Å². The number of nitrogens with zero attached hydrogens (tertiary/aromatic N) is 2. The molecule has 0 amide bonds. The minimum Gasteiger partial charge on any atom is -0.497 e. The van der Waals surface area contributed by atoms with E-state index in [2.05, 4.69) is 4.98 Å². The Morgan fingerprint density at radius 2 is 1.43 bits per heavy atom. The van der Waals surface area contributed by atoms with Gasteiger partial charge >= 0.3 is 5.69 Å². The zero-order valence-electron chi connectivity index (χ0n) is 23.7. The Morgan fingerprint density at radius 1 is 0.881 bits per heavy atom. The zero-order chi connectivity index (χ0) is 29.9. The fourth-order valence-corrected chi connectivity index (χ4v) is 5.35. The van der Waals surface area contributed by atoms with Crippen molar-refractivity contribution in [2.45, 2.75) is 43.5 Å². The fraction of sp³-hybridized carbons (Fsp3) is 0.312. The largest absolute Gasteiger partial charge is 0.497 e. The number of methoxy groups -OCH3 is 2. The second-order valence-electron chi connectivity index (χ2n) is 10.1. The number of hydrogen-bond donors (Lipinski definition) is 3. The molecule has 1 aliphatic rings. The molecule has 1 aliphatic heterocycles. The summed E-state index contributed by atoms with van der Waals surface area (Å²) in [5, 5.41) is 22.0. The van der Waals surface area contributed by atoms with Crippen molar-refractivity contribution in [2.24, 2.45) is 0 Å². The minimum atomic E-state index is -1.40. The van der Waals surface area contributed by atoms with Crippen molar-refractivity contribution in [2.75, 3.05) is 26.6 Å². The molecule has 3 aromatic carbocycles. The highest BCUT2D eigenvalue weighted by Crippen LogP contribution is 2.42. The Labute approximate surface area is 243 Å². The fourth-order valence-electron chi connectivity index (χ4n) is 5.35. The smallest absolute Gasteiger partial charge is 0.351 e. The lowest BCUT2D eigenvalue weighted by Crippen LogP contribution is -2.39. The summed E-state index contributed by atoms with van der Waals surface area (Å²) in [4.78, 5) is 16.5. The van der Waals surface area contributed by atoms with Crippen LogP contribution in [0.15, 0.2) is 89.9 Å². The summed E-state index contributed by atoms with van der Waals surface area (Å²) in [5.41, 5.74) is 7.10. The summed E-state index contributed by atoms with van der Waals surface area (Å²) >= 11 is 0. The summed E-state index contributed by atoms with van der Waals surface area (Å²) in [6.07, 6.45) is -2.85. The van der Waals surface area contributed by atoms with Gasteiger partial charge in [-0.2, -0.15) is 4.98 Å². The van der Waals surface area contributed by atoms with E-state index in [4.69, 9.17) is 24.7 Å². The molecule has 1 saturated heterocycles. The molecule has 5 rings (SSSR count). The molecule has 220 valence electrons. The highest BCUT2D eigenvalue weighted by Gasteiger charge is 2.46. The van der Waals surface area contributed by atoms with Gasteiger partial charge in [0.25, 0.3) is 0 Å². The number of aliphatic hydroxyl groups is 2. The number of aliphatic hydroxyl groups excluding tert-OH is 2. The topological polar surface area (TPSA) is 138 Å². The number of nitrogens with two attached hydrogens (primary N) is 1. The predicted octanol–water partition coefficient (Wildman–Crippen LogP) is 3.03. The zero-order valence-corrected chi connectivity index (χ0v) is 23.7. The van der Waals surface area contributed by atoms with E-state index in [1.807, 2.05) is 85.8 Å². The van der Waals surface area contributed by atoms with Gasteiger partial charge < -0.3 is 34.9 Å². The summed E-state index contributed by atoms with van der Waals surface area (Å²) in [6.45, 7) is 1.75. The Kier molecular flexibility index (Phi) is 8.60. The van der Waals surface area contributed by atoms with E-state index in [9.17, 15) is 15.0 Å². The monoisotopic (exact) mass is 573 g/mol. The first kappa shape index (κ1) is 29.3. The predicted molar refractivity (Wildman–Crippen MR) is 156 cm³/mol. The molecule has 10 heteroatoms. The number of nitrogen functional groups attached to an aromatic ring is 1. The highest BCUT2D eigenvalue weighted by molar-refractivity contribution is 5.49. The van der Waals surface area contributed by atoms with Gasteiger partial charge in [-0.1, -0.05) is 61.5 Å². The maximum absolute atomic E-state index is 12.7. The van der Waals surface area contributed by atoms with E-state index >= 15 is 0 Å². The van der Waals surface area contributed by atoms with Crippen molar-refractivity contribution >= 4 is 5.82 Å². The molecule has 4 aromatic rings. The van der Waals surface area contributed by atoms with Crippen LogP contribution in [-0.2, 0) is 21.5 Å². The SMILES string of the molecule is CCc1cn([C@@H]2O[C@H](COC(c3ccccc3)(c3ccc(OC)cc3)c3ccc(OC)cc3)[C@@H](O)[C@H]2O)c(=O)nc1N. The van der Waals surface area contributed by atoms with E-state index in [-0.39, 0.29) is 12.4 Å². The first-order valence-electron chi connectivity index (χ1n) is 13.7. The summed E-state index contributed by atoms with van der Waals surface area (Å²) < 4.78 is 24.9. The van der Waals surface area contributed by atoms with Crippen molar-refractivity contribution in [3.8, 4) is 11.5 Å². The van der Waals surface area contributed by atoms with Crippen LogP contribution in [0.5, 0.6) is 11.5 Å². The maximum Gasteiger partial charge on any atom is 0.351 e. The number of aromatic nitrogens is 2. The Balaban J connectivity index is 1.55. The molecule has 0 saturated carbocycles. The molecular formula is C32H35N3O7. The Bertz CT molecular complexity index is 1490. The van der Waals surface area contributed by atoms with Gasteiger partial charge in [0.05, 0.1) is 20.8 Å². The molecule has 0 spiro atoms. The summed E-state index contributed by atoms with van der Waals surface area (Å²) in [6, 6.07) is 24.8. The third-order valence-corrected chi connectivity index (χ3v) is 7.69. The molecule has 10 nitrogen and oxygen atoms in total. The van der Waals surface area contributed by atoms with Crippen molar-refractivity contribution in [1.82, 2.24) is 9.55 Å².